The number of rotatable bonds is 7. The zero-order valence-electron chi connectivity index (χ0n) is 9.79. The van der Waals surface area contributed by atoms with Crippen molar-refractivity contribution in [3.63, 3.8) is 0 Å². The highest BCUT2D eigenvalue weighted by atomic mass is 16.4. The van der Waals surface area contributed by atoms with Gasteiger partial charge in [0.25, 0.3) is 0 Å². The van der Waals surface area contributed by atoms with Crippen molar-refractivity contribution in [2.45, 2.75) is 39.5 Å². The lowest BCUT2D eigenvalue weighted by molar-refractivity contribution is 0.314. The van der Waals surface area contributed by atoms with Crippen LogP contribution in [0.1, 0.15) is 39.5 Å². The van der Waals surface area contributed by atoms with E-state index in [0.29, 0.717) is 5.84 Å². The van der Waals surface area contributed by atoms with Gasteiger partial charge in [0, 0.05) is 13.0 Å². The summed E-state index contributed by atoms with van der Waals surface area (Å²) in [6, 6.07) is 0. The standard InChI is InChI=1S/C11H23N3O/c1-3-9(2)7-13-8-11(4-5-11)6-10(12)14-15/h9,13,15H,3-8H2,1-2H3,(H2,12,14). The molecule has 0 saturated heterocycles. The molecule has 0 bridgehead atoms. The SMILES string of the molecule is CCC(C)CNCC1(CC(N)=NO)CC1. The highest BCUT2D eigenvalue weighted by Crippen LogP contribution is 2.48. The van der Waals surface area contributed by atoms with Crippen molar-refractivity contribution in [2.75, 3.05) is 13.1 Å². The van der Waals surface area contributed by atoms with Crippen molar-refractivity contribution >= 4 is 5.84 Å². The molecule has 88 valence electrons. The van der Waals surface area contributed by atoms with Crippen LogP contribution in [0.15, 0.2) is 5.16 Å². The first kappa shape index (κ1) is 12.3. The third-order valence-electron chi connectivity index (χ3n) is 3.33. The molecule has 4 heteroatoms. The Hall–Kier alpha value is -0.770. The molecule has 0 spiro atoms. The van der Waals surface area contributed by atoms with E-state index in [0.717, 1.165) is 25.4 Å². The number of amidine groups is 1. The maximum atomic E-state index is 8.52. The van der Waals surface area contributed by atoms with Crippen LogP contribution in [0.2, 0.25) is 0 Å². The van der Waals surface area contributed by atoms with Gasteiger partial charge in [-0.25, -0.2) is 0 Å². The molecule has 0 aromatic heterocycles. The molecule has 1 saturated carbocycles. The van der Waals surface area contributed by atoms with Gasteiger partial charge in [-0.15, -0.1) is 0 Å². The topological polar surface area (TPSA) is 70.6 Å². The third-order valence-corrected chi connectivity index (χ3v) is 3.33. The first-order valence-corrected chi connectivity index (χ1v) is 5.79. The van der Waals surface area contributed by atoms with Crippen LogP contribution >= 0.6 is 0 Å². The lowest BCUT2D eigenvalue weighted by Gasteiger charge is -2.17. The fourth-order valence-corrected chi connectivity index (χ4v) is 1.74. The summed E-state index contributed by atoms with van der Waals surface area (Å²) in [5.41, 5.74) is 5.81. The molecule has 1 atom stereocenters. The van der Waals surface area contributed by atoms with Crippen molar-refractivity contribution in [3.05, 3.63) is 0 Å². The fraction of sp³-hybridized carbons (Fsp3) is 0.909. The molecule has 15 heavy (non-hydrogen) atoms. The van der Waals surface area contributed by atoms with Gasteiger partial charge in [-0.2, -0.15) is 0 Å². The molecule has 1 fully saturated rings. The van der Waals surface area contributed by atoms with Gasteiger partial charge in [0.05, 0.1) is 0 Å². The van der Waals surface area contributed by atoms with Gasteiger partial charge in [0.1, 0.15) is 5.84 Å². The first-order chi connectivity index (χ1) is 7.12. The monoisotopic (exact) mass is 213 g/mol. The van der Waals surface area contributed by atoms with Gasteiger partial charge in [-0.05, 0) is 30.7 Å². The molecule has 0 aromatic rings. The van der Waals surface area contributed by atoms with E-state index in [-0.39, 0.29) is 5.41 Å². The van der Waals surface area contributed by atoms with Crippen LogP contribution < -0.4 is 11.1 Å². The Morgan fingerprint density at radius 1 is 1.60 bits per heavy atom. The summed E-state index contributed by atoms with van der Waals surface area (Å²) in [6.45, 7) is 6.51. The van der Waals surface area contributed by atoms with Crippen molar-refractivity contribution < 1.29 is 5.21 Å². The maximum absolute atomic E-state index is 8.52. The second kappa shape index (κ2) is 5.35. The van der Waals surface area contributed by atoms with Crippen LogP contribution in [-0.4, -0.2) is 24.1 Å². The van der Waals surface area contributed by atoms with Gasteiger partial charge in [-0.3, -0.25) is 0 Å². The number of oxime groups is 1. The predicted octanol–water partition coefficient (Wildman–Crippen LogP) is 1.54. The second-order valence-corrected chi connectivity index (χ2v) is 4.91. The molecule has 0 aromatic carbocycles. The first-order valence-electron chi connectivity index (χ1n) is 5.79. The molecule has 1 aliphatic carbocycles. The van der Waals surface area contributed by atoms with E-state index in [1.165, 1.54) is 19.3 Å². The Balaban J connectivity index is 2.20. The summed E-state index contributed by atoms with van der Waals surface area (Å²) in [6.07, 6.45) is 4.31. The summed E-state index contributed by atoms with van der Waals surface area (Å²) >= 11 is 0. The van der Waals surface area contributed by atoms with E-state index < -0.39 is 0 Å². The summed E-state index contributed by atoms with van der Waals surface area (Å²) in [7, 11) is 0. The Morgan fingerprint density at radius 3 is 2.73 bits per heavy atom. The van der Waals surface area contributed by atoms with Gasteiger partial charge >= 0.3 is 0 Å². The van der Waals surface area contributed by atoms with Crippen molar-refractivity contribution in [1.82, 2.24) is 5.32 Å². The molecular weight excluding hydrogens is 190 g/mol. The van der Waals surface area contributed by atoms with E-state index in [4.69, 9.17) is 10.9 Å². The maximum Gasteiger partial charge on any atom is 0.139 e. The molecule has 1 unspecified atom stereocenters. The molecule has 1 aliphatic rings. The smallest absolute Gasteiger partial charge is 0.139 e. The Bertz CT molecular complexity index is 224. The van der Waals surface area contributed by atoms with E-state index in [1.807, 2.05) is 0 Å². The van der Waals surface area contributed by atoms with Crippen LogP contribution in [0, 0.1) is 11.3 Å². The van der Waals surface area contributed by atoms with E-state index in [2.05, 4.69) is 24.3 Å². The van der Waals surface area contributed by atoms with Gasteiger partial charge in [0.2, 0.25) is 0 Å². The average Bonchev–Trinajstić information content (AvgIpc) is 2.97. The van der Waals surface area contributed by atoms with Gasteiger partial charge in [0.15, 0.2) is 0 Å². The zero-order valence-corrected chi connectivity index (χ0v) is 9.79. The largest absolute Gasteiger partial charge is 0.409 e. The number of hydrogen-bond acceptors (Lipinski definition) is 3. The normalized spacial score (nSPS) is 21.3. The molecule has 0 amide bonds. The van der Waals surface area contributed by atoms with E-state index in [9.17, 15) is 0 Å². The highest BCUT2D eigenvalue weighted by molar-refractivity contribution is 5.80. The van der Waals surface area contributed by atoms with Gasteiger partial charge < -0.3 is 16.3 Å². The lowest BCUT2D eigenvalue weighted by Crippen LogP contribution is -2.31. The Morgan fingerprint density at radius 2 is 2.27 bits per heavy atom. The van der Waals surface area contributed by atoms with Crippen LogP contribution in [0.5, 0.6) is 0 Å². The number of nitrogens with zero attached hydrogens (tertiary/aromatic N) is 1. The molecule has 4 nitrogen and oxygen atoms in total. The minimum atomic E-state index is 0.282. The summed E-state index contributed by atoms with van der Waals surface area (Å²) in [5, 5.41) is 15.0. The summed E-state index contributed by atoms with van der Waals surface area (Å²) in [4.78, 5) is 0. The van der Waals surface area contributed by atoms with Gasteiger partial charge in [-0.1, -0.05) is 25.4 Å². The summed E-state index contributed by atoms with van der Waals surface area (Å²) < 4.78 is 0. The molecule has 0 radical (unpaired) electrons. The Labute approximate surface area is 91.9 Å². The number of nitrogens with two attached hydrogens (primary N) is 1. The molecular formula is C11H23N3O. The van der Waals surface area contributed by atoms with Crippen molar-refractivity contribution in [3.8, 4) is 0 Å². The van der Waals surface area contributed by atoms with Crippen LogP contribution in [-0.2, 0) is 0 Å². The zero-order chi connectivity index (χ0) is 11.3. The number of nitrogens with one attached hydrogen (secondary N) is 1. The molecule has 0 aliphatic heterocycles. The molecule has 4 N–H and O–H groups in total. The van der Waals surface area contributed by atoms with Crippen LogP contribution in [0.4, 0.5) is 0 Å². The van der Waals surface area contributed by atoms with Crippen LogP contribution in [0.25, 0.3) is 0 Å². The molecule has 1 rings (SSSR count). The second-order valence-electron chi connectivity index (χ2n) is 4.91. The van der Waals surface area contributed by atoms with Crippen molar-refractivity contribution in [1.29, 1.82) is 0 Å². The van der Waals surface area contributed by atoms with Crippen molar-refractivity contribution in [2.24, 2.45) is 22.2 Å². The minimum absolute atomic E-state index is 0.282. The third kappa shape index (κ3) is 4.08. The Kier molecular flexibility index (Phi) is 4.39. The fourth-order valence-electron chi connectivity index (χ4n) is 1.74. The molecule has 0 heterocycles. The predicted molar refractivity (Wildman–Crippen MR) is 62.0 cm³/mol. The quantitative estimate of drug-likeness (QED) is 0.260. The highest BCUT2D eigenvalue weighted by Gasteiger charge is 2.42. The number of hydrogen-bond donors (Lipinski definition) is 3. The lowest BCUT2D eigenvalue weighted by atomic mass is 10.0. The van der Waals surface area contributed by atoms with E-state index >= 15 is 0 Å². The average molecular weight is 213 g/mol. The summed E-state index contributed by atoms with van der Waals surface area (Å²) in [5.74, 6) is 1.09. The van der Waals surface area contributed by atoms with Crippen LogP contribution in [0.3, 0.4) is 0 Å². The van der Waals surface area contributed by atoms with E-state index in [1.54, 1.807) is 0 Å². The minimum Gasteiger partial charge on any atom is -0.409 e.